The Bertz CT molecular complexity index is 555. The molecule has 2 nitrogen and oxygen atoms in total. The Morgan fingerprint density at radius 1 is 1.13 bits per heavy atom. The highest BCUT2D eigenvalue weighted by Crippen LogP contribution is 2.52. The van der Waals surface area contributed by atoms with E-state index in [1.807, 2.05) is 18.2 Å². The van der Waals surface area contributed by atoms with Crippen molar-refractivity contribution in [2.75, 3.05) is 0 Å². The van der Waals surface area contributed by atoms with Crippen LogP contribution in [0.25, 0.3) is 0 Å². The van der Waals surface area contributed by atoms with Crippen molar-refractivity contribution < 1.29 is 0 Å². The summed E-state index contributed by atoms with van der Waals surface area (Å²) in [5.74, 6) is 0.663. The van der Waals surface area contributed by atoms with E-state index in [2.05, 4.69) is 18.2 Å². The predicted molar refractivity (Wildman–Crippen MR) is 55.0 cm³/mol. The normalized spacial score (nSPS) is 25.3. The lowest BCUT2D eigenvalue weighted by Gasteiger charge is -2.12. The van der Waals surface area contributed by atoms with E-state index in [0.29, 0.717) is 11.5 Å². The highest BCUT2D eigenvalue weighted by molar-refractivity contribution is 5.56. The van der Waals surface area contributed by atoms with Crippen molar-refractivity contribution in [2.45, 2.75) is 18.3 Å². The molecule has 2 aliphatic carbocycles. The largest absolute Gasteiger partial charge is 0.193 e. The zero-order chi connectivity index (χ0) is 10.4. The third kappa shape index (κ3) is 0.966. The van der Waals surface area contributed by atoms with Gasteiger partial charge in [-0.2, -0.15) is 10.5 Å². The number of hydrogen-bond acceptors (Lipinski definition) is 2. The number of nitriles is 2. The summed E-state index contributed by atoms with van der Waals surface area (Å²) in [4.78, 5) is 0. The van der Waals surface area contributed by atoms with Crippen molar-refractivity contribution in [1.82, 2.24) is 0 Å². The first-order chi connectivity index (χ1) is 7.33. The van der Waals surface area contributed by atoms with Gasteiger partial charge in [0.05, 0.1) is 17.7 Å². The summed E-state index contributed by atoms with van der Waals surface area (Å²) in [6, 6.07) is 10.2. The summed E-state index contributed by atoms with van der Waals surface area (Å²) in [5, 5.41) is 17.8. The van der Waals surface area contributed by atoms with E-state index < -0.39 is 0 Å². The number of allylic oxidation sites excluding steroid dienone is 2. The molecule has 1 aromatic rings. The van der Waals surface area contributed by atoms with E-state index in [1.165, 1.54) is 11.1 Å². The minimum absolute atomic E-state index is 0.253. The SMILES string of the molecule is N#CC1=CC2CC1c1cc(C#N)ccc12. The number of hydrogen-bond donors (Lipinski definition) is 0. The van der Waals surface area contributed by atoms with Gasteiger partial charge in [-0.25, -0.2) is 0 Å². The molecule has 15 heavy (non-hydrogen) atoms. The average Bonchev–Trinajstić information content (AvgIpc) is 2.86. The van der Waals surface area contributed by atoms with Gasteiger partial charge in [0.25, 0.3) is 0 Å². The van der Waals surface area contributed by atoms with Crippen molar-refractivity contribution in [1.29, 1.82) is 10.5 Å². The maximum absolute atomic E-state index is 8.96. The summed E-state index contributed by atoms with van der Waals surface area (Å²) in [7, 11) is 0. The fourth-order valence-corrected chi connectivity index (χ4v) is 2.69. The second kappa shape index (κ2) is 2.72. The number of nitrogens with zero attached hydrogens (tertiary/aromatic N) is 2. The molecule has 3 rings (SSSR count). The summed E-state index contributed by atoms with van der Waals surface area (Å²) in [6.07, 6.45) is 3.09. The molecule has 2 atom stereocenters. The van der Waals surface area contributed by atoms with E-state index in [-0.39, 0.29) is 5.92 Å². The molecule has 2 aliphatic rings. The van der Waals surface area contributed by atoms with Crippen LogP contribution in [0.1, 0.15) is 34.9 Å². The first-order valence-corrected chi connectivity index (χ1v) is 4.99. The van der Waals surface area contributed by atoms with Crippen molar-refractivity contribution in [3.8, 4) is 12.1 Å². The van der Waals surface area contributed by atoms with Crippen LogP contribution < -0.4 is 0 Å². The fourth-order valence-electron chi connectivity index (χ4n) is 2.69. The lowest BCUT2D eigenvalue weighted by molar-refractivity contribution is 0.794. The van der Waals surface area contributed by atoms with E-state index in [1.54, 1.807) is 0 Å². The minimum Gasteiger partial charge on any atom is -0.193 e. The Morgan fingerprint density at radius 2 is 2.00 bits per heavy atom. The Labute approximate surface area is 88.1 Å². The van der Waals surface area contributed by atoms with Crippen LogP contribution in [0.3, 0.4) is 0 Å². The molecule has 0 spiro atoms. The third-order valence-electron chi connectivity index (χ3n) is 3.37. The van der Waals surface area contributed by atoms with Crippen molar-refractivity contribution in [3.05, 3.63) is 46.5 Å². The molecular formula is C13H8N2. The molecule has 0 radical (unpaired) electrons. The smallest absolute Gasteiger partial charge is 0.0991 e. The second-order valence-corrected chi connectivity index (χ2v) is 4.08. The van der Waals surface area contributed by atoms with Crippen molar-refractivity contribution >= 4 is 0 Å². The van der Waals surface area contributed by atoms with E-state index in [9.17, 15) is 0 Å². The lowest BCUT2D eigenvalue weighted by atomic mass is 9.90. The second-order valence-electron chi connectivity index (χ2n) is 4.08. The Balaban J connectivity index is 2.17. The summed E-state index contributed by atoms with van der Waals surface area (Å²) >= 11 is 0. The fraction of sp³-hybridized carbons (Fsp3) is 0.231. The minimum atomic E-state index is 0.253. The van der Waals surface area contributed by atoms with E-state index in [4.69, 9.17) is 10.5 Å². The molecule has 0 saturated carbocycles. The van der Waals surface area contributed by atoms with Crippen LogP contribution in [0.4, 0.5) is 0 Å². The molecule has 0 saturated heterocycles. The Morgan fingerprint density at radius 3 is 2.73 bits per heavy atom. The first-order valence-electron chi connectivity index (χ1n) is 4.99. The van der Waals surface area contributed by atoms with Gasteiger partial charge in [-0.3, -0.25) is 0 Å². The van der Waals surface area contributed by atoms with Gasteiger partial charge in [0.15, 0.2) is 0 Å². The Kier molecular flexibility index (Phi) is 1.50. The molecular weight excluding hydrogens is 184 g/mol. The van der Waals surface area contributed by atoms with Gasteiger partial charge in [0, 0.05) is 17.4 Å². The lowest BCUT2D eigenvalue weighted by Crippen LogP contribution is -1.98. The first kappa shape index (κ1) is 8.26. The van der Waals surface area contributed by atoms with Gasteiger partial charge in [0.1, 0.15) is 0 Å². The van der Waals surface area contributed by atoms with Gasteiger partial charge < -0.3 is 0 Å². The molecule has 0 heterocycles. The monoisotopic (exact) mass is 192 g/mol. The molecule has 2 heteroatoms. The maximum Gasteiger partial charge on any atom is 0.0991 e. The number of benzene rings is 1. The van der Waals surface area contributed by atoms with Crippen LogP contribution in [0.2, 0.25) is 0 Å². The highest BCUT2D eigenvalue weighted by Gasteiger charge is 2.37. The molecule has 1 aromatic carbocycles. The summed E-state index contributed by atoms with van der Waals surface area (Å²) in [6.45, 7) is 0. The van der Waals surface area contributed by atoms with Crippen LogP contribution in [0.5, 0.6) is 0 Å². The van der Waals surface area contributed by atoms with E-state index in [0.717, 1.165) is 12.0 Å². The number of fused-ring (bicyclic) bond motifs is 5. The molecule has 2 bridgehead atoms. The van der Waals surface area contributed by atoms with Gasteiger partial charge >= 0.3 is 0 Å². The van der Waals surface area contributed by atoms with Crippen molar-refractivity contribution in [2.24, 2.45) is 0 Å². The van der Waals surface area contributed by atoms with Crippen LogP contribution in [0.15, 0.2) is 29.8 Å². The third-order valence-corrected chi connectivity index (χ3v) is 3.37. The highest BCUT2D eigenvalue weighted by atomic mass is 14.4. The Hall–Kier alpha value is -2.06. The molecule has 2 unspecified atom stereocenters. The predicted octanol–water partition coefficient (Wildman–Crippen LogP) is 2.59. The zero-order valence-corrected chi connectivity index (χ0v) is 8.07. The molecule has 0 aliphatic heterocycles. The molecule has 70 valence electrons. The van der Waals surface area contributed by atoms with Crippen LogP contribution >= 0.6 is 0 Å². The van der Waals surface area contributed by atoms with Crippen molar-refractivity contribution in [3.63, 3.8) is 0 Å². The standard InChI is InChI=1S/C13H8N2/c14-6-8-1-2-11-9-4-10(7-15)12(5-9)13(11)3-8/h1-4,9,12H,5H2. The average molecular weight is 192 g/mol. The quantitative estimate of drug-likeness (QED) is 0.634. The van der Waals surface area contributed by atoms with E-state index >= 15 is 0 Å². The molecule has 0 amide bonds. The molecule has 0 N–H and O–H groups in total. The van der Waals surface area contributed by atoms with Gasteiger partial charge in [-0.05, 0) is 29.7 Å². The van der Waals surface area contributed by atoms with Gasteiger partial charge in [-0.1, -0.05) is 12.1 Å². The van der Waals surface area contributed by atoms with Gasteiger partial charge in [0.2, 0.25) is 0 Å². The van der Waals surface area contributed by atoms with Crippen LogP contribution in [0, 0.1) is 22.7 Å². The topological polar surface area (TPSA) is 47.6 Å². The number of rotatable bonds is 0. The molecule has 0 aromatic heterocycles. The zero-order valence-electron chi connectivity index (χ0n) is 8.07. The summed E-state index contributed by atoms with van der Waals surface area (Å²) < 4.78 is 0. The van der Waals surface area contributed by atoms with Crippen LogP contribution in [-0.4, -0.2) is 0 Å². The molecule has 0 fully saturated rings. The summed E-state index contributed by atoms with van der Waals surface area (Å²) in [5.41, 5.74) is 4.07. The maximum atomic E-state index is 8.96. The van der Waals surface area contributed by atoms with Crippen LogP contribution in [-0.2, 0) is 0 Å². The van der Waals surface area contributed by atoms with Gasteiger partial charge in [-0.15, -0.1) is 0 Å².